The Hall–Kier alpha value is -3.89. The molecule has 0 spiro atoms. The Bertz CT molecular complexity index is 1100. The van der Waals surface area contributed by atoms with Crippen LogP contribution in [0.15, 0.2) is 31.0 Å². The van der Waals surface area contributed by atoms with Crippen LogP contribution >= 0.6 is 0 Å². The number of carbonyl (C=O) groups excluding carboxylic acids is 5. The number of hydrogen-bond acceptors (Lipinski definition) is 12. The van der Waals surface area contributed by atoms with Crippen molar-refractivity contribution in [3.8, 4) is 5.75 Å². The van der Waals surface area contributed by atoms with Crippen LogP contribution in [-0.4, -0.2) is 127 Å². The van der Waals surface area contributed by atoms with Crippen molar-refractivity contribution in [1.29, 1.82) is 0 Å². The van der Waals surface area contributed by atoms with Crippen LogP contribution in [0.25, 0.3) is 0 Å². The monoisotopic (exact) mass is 636 g/mol. The van der Waals surface area contributed by atoms with E-state index in [0.29, 0.717) is 65.0 Å². The van der Waals surface area contributed by atoms with Crippen LogP contribution in [-0.2, 0) is 42.9 Å². The van der Waals surface area contributed by atoms with Gasteiger partial charge in [-0.2, -0.15) is 0 Å². The minimum atomic E-state index is -1.09. The van der Waals surface area contributed by atoms with Crippen LogP contribution < -0.4 is 20.7 Å². The molecule has 1 aliphatic heterocycles. The number of rotatable bonds is 25. The fourth-order valence-electron chi connectivity index (χ4n) is 4.02. The summed E-state index contributed by atoms with van der Waals surface area (Å²) < 4.78 is 32.6. The number of imide groups is 2. The molecule has 1 aliphatic rings. The maximum Gasteiger partial charge on any atom is 0.261 e. The molecular weight excluding hydrogens is 592 g/mol. The molecule has 3 N–H and O–H groups in total. The van der Waals surface area contributed by atoms with Gasteiger partial charge in [-0.05, 0) is 31.7 Å². The number of piperidine rings is 1. The Morgan fingerprint density at radius 2 is 1.51 bits per heavy atom. The van der Waals surface area contributed by atoms with Crippen molar-refractivity contribution in [1.82, 2.24) is 20.9 Å². The maximum absolute atomic E-state index is 13.1. The Morgan fingerprint density at radius 1 is 0.933 bits per heavy atom. The smallest absolute Gasteiger partial charge is 0.261 e. The van der Waals surface area contributed by atoms with E-state index in [-0.39, 0.29) is 50.3 Å². The highest BCUT2D eigenvalue weighted by Gasteiger charge is 2.35. The van der Waals surface area contributed by atoms with Crippen molar-refractivity contribution in [3.63, 3.8) is 0 Å². The highest BCUT2D eigenvalue weighted by Crippen LogP contribution is 2.24. The van der Waals surface area contributed by atoms with Crippen LogP contribution in [0.3, 0.4) is 0 Å². The lowest BCUT2D eigenvalue weighted by atomic mass is 10.0. The molecule has 1 atom stereocenters. The molecule has 0 bridgehead atoms. The van der Waals surface area contributed by atoms with E-state index in [1.165, 1.54) is 6.07 Å². The molecule has 0 radical (unpaired) electrons. The first-order valence-corrected chi connectivity index (χ1v) is 14.7. The van der Waals surface area contributed by atoms with Crippen LogP contribution in [0.1, 0.15) is 28.8 Å². The van der Waals surface area contributed by atoms with E-state index in [1.54, 1.807) is 25.3 Å². The number of nitrogens with one attached hydrogen (secondary N) is 3. The third-order valence-corrected chi connectivity index (χ3v) is 6.36. The maximum atomic E-state index is 13.1. The molecule has 5 amide bonds. The molecule has 1 fully saturated rings. The van der Waals surface area contributed by atoms with Gasteiger partial charge in [0.25, 0.3) is 11.8 Å². The van der Waals surface area contributed by atoms with Gasteiger partial charge in [-0.3, -0.25) is 34.2 Å². The van der Waals surface area contributed by atoms with Crippen molar-refractivity contribution in [2.24, 2.45) is 0 Å². The van der Waals surface area contributed by atoms with Gasteiger partial charge < -0.3 is 39.1 Å². The van der Waals surface area contributed by atoms with E-state index >= 15 is 0 Å². The van der Waals surface area contributed by atoms with Gasteiger partial charge in [-0.1, -0.05) is 12.6 Å². The van der Waals surface area contributed by atoms with E-state index in [4.69, 9.17) is 28.4 Å². The van der Waals surface area contributed by atoms with E-state index in [1.807, 2.05) is 0 Å². The number of carbonyl (C=O) groups is 5. The standard InChI is InChI=1S/C30H44N4O11/c1-3-31-9-11-40-13-15-42-17-19-44-20-18-43-16-14-41-12-10-32-28(37)21-45-26-6-4-5-24(23(26)2)30(39)34(22-35)25-7-8-27(36)33-29(25)38/h3-6,22,25,31H,1,7-21H2,2H3,(H,32,37)(H,33,36,38). The number of nitrogens with zero attached hydrogens (tertiary/aromatic N) is 1. The predicted octanol–water partition coefficient (Wildman–Crippen LogP) is -0.290. The fraction of sp³-hybridized carbons (Fsp3) is 0.567. The van der Waals surface area contributed by atoms with Crippen molar-refractivity contribution < 1.29 is 52.4 Å². The molecular formula is C30H44N4O11. The first-order chi connectivity index (χ1) is 21.9. The Morgan fingerprint density at radius 3 is 2.07 bits per heavy atom. The number of amides is 5. The zero-order chi connectivity index (χ0) is 32.7. The minimum absolute atomic E-state index is 0.0180. The minimum Gasteiger partial charge on any atom is -0.483 e. The van der Waals surface area contributed by atoms with Gasteiger partial charge in [-0.25, -0.2) is 0 Å². The second-order valence-electron chi connectivity index (χ2n) is 9.57. The summed E-state index contributed by atoms with van der Waals surface area (Å²) in [6.45, 7) is 10.3. The van der Waals surface area contributed by atoms with Crippen LogP contribution in [0.2, 0.25) is 0 Å². The molecule has 0 aromatic heterocycles. The van der Waals surface area contributed by atoms with Crippen molar-refractivity contribution >= 4 is 30.0 Å². The van der Waals surface area contributed by atoms with Gasteiger partial charge in [0, 0.05) is 30.6 Å². The van der Waals surface area contributed by atoms with E-state index < -0.39 is 29.7 Å². The molecule has 45 heavy (non-hydrogen) atoms. The Kier molecular flexibility index (Phi) is 18.7. The highest BCUT2D eigenvalue weighted by atomic mass is 16.6. The summed E-state index contributed by atoms with van der Waals surface area (Å²) in [7, 11) is 0. The number of ether oxygens (including phenoxy) is 6. The molecule has 1 saturated heterocycles. The summed E-state index contributed by atoms with van der Waals surface area (Å²) in [5, 5.41) is 7.75. The van der Waals surface area contributed by atoms with Gasteiger partial charge in [0.1, 0.15) is 11.8 Å². The third-order valence-electron chi connectivity index (χ3n) is 6.36. The van der Waals surface area contributed by atoms with Crippen LogP contribution in [0.5, 0.6) is 5.75 Å². The zero-order valence-electron chi connectivity index (χ0n) is 25.7. The van der Waals surface area contributed by atoms with Crippen molar-refractivity contribution in [2.75, 3.05) is 85.8 Å². The topological polar surface area (TPSA) is 180 Å². The second kappa shape index (κ2) is 22.6. The molecule has 15 nitrogen and oxygen atoms in total. The van der Waals surface area contributed by atoms with Gasteiger partial charge in [0.05, 0.1) is 66.1 Å². The lowest BCUT2D eigenvalue weighted by Crippen LogP contribution is -2.53. The number of benzene rings is 1. The molecule has 1 aromatic carbocycles. The summed E-state index contributed by atoms with van der Waals surface area (Å²) >= 11 is 0. The SMILES string of the molecule is C=CNCCOCCOCCOCCOCCOCCNC(=O)COc1cccc(C(=O)N(C=O)C2CCC(=O)NC2=O)c1C. The van der Waals surface area contributed by atoms with Gasteiger partial charge in [-0.15, -0.1) is 0 Å². The summed E-state index contributed by atoms with van der Waals surface area (Å²) in [6.07, 6.45) is 1.95. The Balaban J connectivity index is 1.52. The molecule has 2 rings (SSSR count). The normalized spacial score (nSPS) is 14.4. The van der Waals surface area contributed by atoms with Gasteiger partial charge in [0.15, 0.2) is 6.61 Å². The zero-order valence-corrected chi connectivity index (χ0v) is 25.7. The van der Waals surface area contributed by atoms with Crippen molar-refractivity contribution in [2.45, 2.75) is 25.8 Å². The first kappa shape index (κ1) is 37.3. The predicted molar refractivity (Wildman–Crippen MR) is 160 cm³/mol. The quantitative estimate of drug-likeness (QED) is 0.0727. The summed E-state index contributed by atoms with van der Waals surface area (Å²) in [4.78, 5) is 61.3. The van der Waals surface area contributed by atoms with Gasteiger partial charge >= 0.3 is 0 Å². The molecule has 1 unspecified atom stereocenters. The molecule has 1 heterocycles. The lowest BCUT2D eigenvalue weighted by Gasteiger charge is -2.28. The lowest BCUT2D eigenvalue weighted by molar-refractivity contribution is -0.139. The number of hydrogen-bond donors (Lipinski definition) is 3. The highest BCUT2D eigenvalue weighted by molar-refractivity contribution is 6.07. The molecule has 0 saturated carbocycles. The molecule has 0 aliphatic carbocycles. The largest absolute Gasteiger partial charge is 0.483 e. The van der Waals surface area contributed by atoms with Crippen LogP contribution in [0.4, 0.5) is 0 Å². The molecule has 15 heteroatoms. The molecule has 250 valence electrons. The van der Waals surface area contributed by atoms with Crippen LogP contribution in [0, 0.1) is 6.92 Å². The average molecular weight is 637 g/mol. The first-order valence-electron chi connectivity index (χ1n) is 14.7. The van der Waals surface area contributed by atoms with E-state index in [9.17, 15) is 24.0 Å². The second-order valence-corrected chi connectivity index (χ2v) is 9.57. The summed E-state index contributed by atoms with van der Waals surface area (Å²) in [5.74, 6) is -2.00. The molecule has 1 aromatic rings. The Labute approximate surface area is 262 Å². The van der Waals surface area contributed by atoms with E-state index in [0.717, 1.165) is 11.4 Å². The fourth-order valence-corrected chi connectivity index (χ4v) is 4.02. The van der Waals surface area contributed by atoms with E-state index in [2.05, 4.69) is 22.5 Å². The third kappa shape index (κ3) is 14.6. The van der Waals surface area contributed by atoms with Gasteiger partial charge in [0.2, 0.25) is 18.2 Å². The van der Waals surface area contributed by atoms with Crippen molar-refractivity contribution in [3.05, 3.63) is 42.1 Å². The summed E-state index contributed by atoms with van der Waals surface area (Å²) in [6, 6.07) is 3.53. The summed E-state index contributed by atoms with van der Waals surface area (Å²) in [5.41, 5.74) is 0.525. The average Bonchev–Trinajstić information content (AvgIpc) is 3.03.